The molecule has 270 valence electrons. The Morgan fingerprint density at radius 2 is 0.862 bits per heavy atom. The van der Waals surface area contributed by atoms with Gasteiger partial charge in [0, 0.05) is 32.9 Å². The van der Waals surface area contributed by atoms with Gasteiger partial charge in [-0.05, 0) is 123 Å². The van der Waals surface area contributed by atoms with E-state index in [0.717, 1.165) is 6.42 Å². The highest BCUT2D eigenvalue weighted by atomic mass is 15.0. The molecule has 0 radical (unpaired) electrons. The second kappa shape index (κ2) is 11.8. The molecule has 0 spiro atoms. The van der Waals surface area contributed by atoms with Crippen molar-refractivity contribution in [3.8, 4) is 33.6 Å². The maximum absolute atomic E-state index is 2.53. The Balaban J connectivity index is 1.07. The predicted molar refractivity (Wildman–Crippen MR) is 241 cm³/mol. The number of rotatable bonds is 4. The molecule has 2 nitrogen and oxygen atoms in total. The fourth-order valence-electron chi connectivity index (χ4n) is 10.8. The van der Waals surface area contributed by atoms with Crippen LogP contribution in [0.15, 0.2) is 206 Å². The van der Waals surface area contributed by atoms with Gasteiger partial charge in [-0.15, -0.1) is 0 Å². The van der Waals surface area contributed by atoms with E-state index in [9.17, 15) is 0 Å². The highest BCUT2D eigenvalue weighted by molar-refractivity contribution is 6.13. The summed E-state index contributed by atoms with van der Waals surface area (Å²) in [6.07, 6.45) is 0.912. The number of nitrogens with zero attached hydrogens (tertiary/aromatic N) is 2. The normalized spacial score (nSPS) is 13.6. The molecule has 9 aromatic carbocycles. The zero-order valence-electron chi connectivity index (χ0n) is 31.7. The van der Waals surface area contributed by atoms with Gasteiger partial charge in [0.2, 0.25) is 0 Å². The minimum absolute atomic E-state index is 0.434. The lowest BCUT2D eigenvalue weighted by Crippen LogP contribution is -2.28. The van der Waals surface area contributed by atoms with Crippen LogP contribution < -0.4 is 0 Å². The van der Waals surface area contributed by atoms with Crippen LogP contribution in [0.3, 0.4) is 0 Å². The first kappa shape index (κ1) is 31.7. The van der Waals surface area contributed by atoms with Crippen LogP contribution in [-0.4, -0.2) is 9.13 Å². The molecule has 0 aliphatic heterocycles. The molecule has 0 saturated carbocycles. The Hall–Kier alpha value is -7.42. The van der Waals surface area contributed by atoms with Crippen LogP contribution in [0.2, 0.25) is 0 Å². The van der Waals surface area contributed by atoms with Crippen molar-refractivity contribution in [2.45, 2.75) is 11.8 Å². The number of aromatic nitrogens is 2. The summed E-state index contributed by atoms with van der Waals surface area (Å²) in [5, 5.41) is 5.07. The van der Waals surface area contributed by atoms with Gasteiger partial charge in [-0.3, -0.25) is 0 Å². The first-order chi connectivity index (χ1) is 28.8. The number of para-hydroxylation sites is 3. The summed E-state index contributed by atoms with van der Waals surface area (Å²) in [5.41, 5.74) is 20.2. The van der Waals surface area contributed by atoms with Crippen LogP contribution in [0.5, 0.6) is 0 Å². The lowest BCUT2D eigenvalue weighted by Gasteiger charge is -2.34. The topological polar surface area (TPSA) is 9.86 Å². The van der Waals surface area contributed by atoms with Gasteiger partial charge in [0.1, 0.15) is 0 Å². The van der Waals surface area contributed by atoms with Crippen LogP contribution >= 0.6 is 0 Å². The number of hydrogen-bond donors (Lipinski definition) is 0. The van der Waals surface area contributed by atoms with Gasteiger partial charge in [0.25, 0.3) is 0 Å². The van der Waals surface area contributed by atoms with Gasteiger partial charge in [0.05, 0.1) is 27.5 Å². The molecule has 2 aliphatic rings. The largest absolute Gasteiger partial charge is 0.309 e. The first-order valence-electron chi connectivity index (χ1n) is 20.3. The van der Waals surface area contributed by atoms with Crippen molar-refractivity contribution in [1.82, 2.24) is 9.13 Å². The molecule has 2 heterocycles. The van der Waals surface area contributed by atoms with Gasteiger partial charge in [-0.25, -0.2) is 0 Å². The van der Waals surface area contributed by atoms with Crippen LogP contribution in [0.4, 0.5) is 0 Å². The van der Waals surface area contributed by atoms with Crippen molar-refractivity contribution in [2.24, 2.45) is 0 Å². The van der Waals surface area contributed by atoms with Crippen molar-refractivity contribution < 1.29 is 0 Å². The third-order valence-corrected chi connectivity index (χ3v) is 13.2. The molecule has 0 atom stereocenters. The van der Waals surface area contributed by atoms with Crippen LogP contribution in [0.25, 0.3) is 77.2 Å². The Morgan fingerprint density at radius 3 is 1.57 bits per heavy atom. The zero-order valence-corrected chi connectivity index (χ0v) is 31.7. The van der Waals surface area contributed by atoms with Crippen LogP contribution in [0.1, 0.15) is 33.4 Å². The second-order valence-electron chi connectivity index (χ2n) is 16.0. The molecule has 0 amide bonds. The van der Waals surface area contributed by atoms with Crippen molar-refractivity contribution in [3.63, 3.8) is 0 Å². The number of hydrogen-bond acceptors (Lipinski definition) is 0. The standard InChI is InChI=1S/C56H36N2/c1-3-15-38(16-4-1)56(50-23-11-7-19-42(50)43-20-8-12-24-51(43)56)39-28-27-36-31-37-32-55-49(35-47(37)46(36)33-39)48-34-41(29-30-54(48)57(55)40-17-5-2-6-18-40)58-52-25-13-9-21-44(52)45-22-10-14-26-53(45)58/h1-30,32-35H,31H2. The molecule has 11 aromatic rings. The molecule has 2 aromatic heterocycles. The molecule has 2 heteroatoms. The predicted octanol–water partition coefficient (Wildman–Crippen LogP) is 13.8. The summed E-state index contributed by atoms with van der Waals surface area (Å²) < 4.78 is 4.90. The fourth-order valence-corrected chi connectivity index (χ4v) is 10.8. The average molecular weight is 737 g/mol. The Morgan fingerprint density at radius 1 is 0.310 bits per heavy atom. The van der Waals surface area contributed by atoms with Crippen molar-refractivity contribution in [2.75, 3.05) is 0 Å². The summed E-state index contributed by atoms with van der Waals surface area (Å²) in [6, 6.07) is 77.0. The van der Waals surface area contributed by atoms with E-state index in [1.54, 1.807) is 0 Å². The number of fused-ring (bicyclic) bond motifs is 12. The quantitative estimate of drug-likeness (QED) is 0.170. The van der Waals surface area contributed by atoms with Gasteiger partial charge >= 0.3 is 0 Å². The summed E-state index contributed by atoms with van der Waals surface area (Å²) in [5.74, 6) is 0. The highest BCUT2D eigenvalue weighted by Crippen LogP contribution is 2.57. The Bertz CT molecular complexity index is 3380. The van der Waals surface area contributed by atoms with E-state index >= 15 is 0 Å². The van der Waals surface area contributed by atoms with E-state index < -0.39 is 5.41 Å². The van der Waals surface area contributed by atoms with E-state index in [0.29, 0.717) is 0 Å². The molecular formula is C56H36N2. The van der Waals surface area contributed by atoms with Gasteiger partial charge in [-0.2, -0.15) is 0 Å². The van der Waals surface area contributed by atoms with Crippen molar-refractivity contribution in [1.29, 1.82) is 0 Å². The van der Waals surface area contributed by atoms with Gasteiger partial charge in [-0.1, -0.05) is 146 Å². The summed E-state index contributed by atoms with van der Waals surface area (Å²) in [6.45, 7) is 0. The lowest BCUT2D eigenvalue weighted by atomic mass is 9.67. The zero-order chi connectivity index (χ0) is 38.0. The van der Waals surface area contributed by atoms with Crippen LogP contribution in [-0.2, 0) is 11.8 Å². The molecule has 58 heavy (non-hydrogen) atoms. The first-order valence-corrected chi connectivity index (χ1v) is 20.3. The monoisotopic (exact) mass is 736 g/mol. The third kappa shape index (κ3) is 4.16. The van der Waals surface area contributed by atoms with E-state index in [2.05, 4.69) is 215 Å². The molecule has 0 saturated heterocycles. The summed E-state index contributed by atoms with van der Waals surface area (Å²) >= 11 is 0. The summed E-state index contributed by atoms with van der Waals surface area (Å²) in [4.78, 5) is 0. The lowest BCUT2D eigenvalue weighted by molar-refractivity contribution is 0.768. The van der Waals surface area contributed by atoms with E-state index in [-0.39, 0.29) is 0 Å². The maximum atomic E-state index is 2.53. The van der Waals surface area contributed by atoms with Gasteiger partial charge in [0.15, 0.2) is 0 Å². The summed E-state index contributed by atoms with van der Waals surface area (Å²) in [7, 11) is 0. The molecule has 13 rings (SSSR count). The maximum Gasteiger partial charge on any atom is 0.0713 e. The third-order valence-electron chi connectivity index (χ3n) is 13.2. The van der Waals surface area contributed by atoms with Gasteiger partial charge < -0.3 is 9.13 Å². The average Bonchev–Trinajstić information content (AvgIpc) is 4.01. The second-order valence-corrected chi connectivity index (χ2v) is 16.0. The number of benzene rings is 9. The van der Waals surface area contributed by atoms with E-state index in [4.69, 9.17) is 0 Å². The molecule has 0 fully saturated rings. The van der Waals surface area contributed by atoms with Crippen LogP contribution in [0, 0.1) is 0 Å². The minimum atomic E-state index is -0.434. The Labute approximate surface area is 336 Å². The highest BCUT2D eigenvalue weighted by Gasteiger charge is 2.46. The molecule has 0 unspecified atom stereocenters. The SMILES string of the molecule is c1ccc(-n2c3ccc(-n4c5ccccc5c5ccccc54)cc3c3cc4c(cc32)Cc2ccc(C3(c5ccccc5)c5ccccc5-c5ccccc53)cc2-4)cc1. The molecule has 0 bridgehead atoms. The minimum Gasteiger partial charge on any atom is -0.309 e. The Kier molecular flexibility index (Phi) is 6.46. The molecule has 2 aliphatic carbocycles. The van der Waals surface area contributed by atoms with Crippen molar-refractivity contribution >= 4 is 43.6 Å². The van der Waals surface area contributed by atoms with Crippen molar-refractivity contribution in [3.05, 3.63) is 240 Å². The van der Waals surface area contributed by atoms with E-state index in [1.807, 2.05) is 0 Å². The molecule has 0 N–H and O–H groups in total. The molecular weight excluding hydrogens is 701 g/mol. The fraction of sp³-hybridized carbons (Fsp3) is 0.0357. The van der Waals surface area contributed by atoms with E-state index in [1.165, 1.54) is 111 Å². The smallest absolute Gasteiger partial charge is 0.0713 e.